The molecule has 1 saturated carbocycles. The standard InChI is InChI=1S/C19H36N2/c1-3-12-20-19(15-8-6-4-5-7-9-15)16-13-17-10-11-18(14-16)21(17)2/h15-20H,3-14H2,1-2H3. The minimum Gasteiger partial charge on any atom is -0.313 e. The van der Waals surface area contributed by atoms with Crippen molar-refractivity contribution >= 4 is 0 Å². The highest BCUT2D eigenvalue weighted by Gasteiger charge is 2.42. The number of hydrogen-bond acceptors (Lipinski definition) is 2. The highest BCUT2D eigenvalue weighted by atomic mass is 15.2. The average Bonchev–Trinajstić information content (AvgIpc) is 2.75. The van der Waals surface area contributed by atoms with Gasteiger partial charge < -0.3 is 10.2 Å². The fourth-order valence-electron chi connectivity index (χ4n) is 5.45. The van der Waals surface area contributed by atoms with Gasteiger partial charge in [-0.1, -0.05) is 32.6 Å². The van der Waals surface area contributed by atoms with Crippen LogP contribution >= 0.6 is 0 Å². The van der Waals surface area contributed by atoms with Crippen molar-refractivity contribution in [3.05, 3.63) is 0 Å². The van der Waals surface area contributed by atoms with Gasteiger partial charge in [0.2, 0.25) is 0 Å². The SMILES string of the molecule is CCCNC(C1CCCCCC1)C1CC2CCC(C1)N2C. The van der Waals surface area contributed by atoms with Gasteiger partial charge >= 0.3 is 0 Å². The van der Waals surface area contributed by atoms with Crippen molar-refractivity contribution in [1.29, 1.82) is 0 Å². The largest absolute Gasteiger partial charge is 0.313 e. The van der Waals surface area contributed by atoms with Crippen molar-refractivity contribution in [3.8, 4) is 0 Å². The Hall–Kier alpha value is -0.0800. The van der Waals surface area contributed by atoms with Crippen LogP contribution in [0.4, 0.5) is 0 Å². The monoisotopic (exact) mass is 292 g/mol. The highest BCUT2D eigenvalue weighted by Crippen LogP contribution is 2.41. The summed E-state index contributed by atoms with van der Waals surface area (Å²) in [4.78, 5) is 2.69. The molecule has 0 aromatic heterocycles. The van der Waals surface area contributed by atoms with E-state index in [4.69, 9.17) is 0 Å². The van der Waals surface area contributed by atoms with Gasteiger partial charge in [-0.15, -0.1) is 0 Å². The average molecular weight is 293 g/mol. The first-order chi connectivity index (χ1) is 10.3. The smallest absolute Gasteiger partial charge is 0.0125 e. The molecule has 0 amide bonds. The van der Waals surface area contributed by atoms with E-state index in [0.29, 0.717) is 0 Å². The minimum atomic E-state index is 0.819. The van der Waals surface area contributed by atoms with Crippen LogP contribution in [0.25, 0.3) is 0 Å². The molecule has 0 spiro atoms. The molecule has 0 radical (unpaired) electrons. The molecule has 3 unspecified atom stereocenters. The van der Waals surface area contributed by atoms with Crippen LogP contribution in [-0.4, -0.2) is 36.6 Å². The summed E-state index contributed by atoms with van der Waals surface area (Å²) in [5.74, 6) is 1.92. The van der Waals surface area contributed by atoms with E-state index in [2.05, 4.69) is 24.2 Å². The maximum atomic E-state index is 4.00. The van der Waals surface area contributed by atoms with Crippen molar-refractivity contribution in [1.82, 2.24) is 10.2 Å². The van der Waals surface area contributed by atoms with Gasteiger partial charge in [-0.3, -0.25) is 0 Å². The zero-order chi connectivity index (χ0) is 14.7. The van der Waals surface area contributed by atoms with Crippen molar-refractivity contribution in [2.45, 2.75) is 95.7 Å². The first-order valence-electron chi connectivity index (χ1n) is 9.75. The maximum Gasteiger partial charge on any atom is 0.0125 e. The topological polar surface area (TPSA) is 15.3 Å². The van der Waals surface area contributed by atoms with Gasteiger partial charge in [0.1, 0.15) is 0 Å². The summed E-state index contributed by atoms with van der Waals surface area (Å²) < 4.78 is 0. The molecule has 2 bridgehead atoms. The lowest BCUT2D eigenvalue weighted by Gasteiger charge is -2.42. The molecule has 2 nitrogen and oxygen atoms in total. The molecule has 2 heteroatoms. The lowest BCUT2D eigenvalue weighted by molar-refractivity contribution is 0.0917. The summed E-state index contributed by atoms with van der Waals surface area (Å²) in [5, 5.41) is 4.00. The lowest BCUT2D eigenvalue weighted by Crippen LogP contribution is -2.50. The zero-order valence-corrected chi connectivity index (χ0v) is 14.3. The molecule has 122 valence electrons. The van der Waals surface area contributed by atoms with Gasteiger partial charge in [0.15, 0.2) is 0 Å². The number of nitrogens with one attached hydrogen (secondary N) is 1. The van der Waals surface area contributed by atoms with Gasteiger partial charge in [0.05, 0.1) is 0 Å². The molecular weight excluding hydrogens is 256 g/mol. The summed E-state index contributed by atoms with van der Waals surface area (Å²) in [7, 11) is 2.37. The predicted molar refractivity (Wildman–Crippen MR) is 90.6 cm³/mol. The Morgan fingerprint density at radius 1 is 0.905 bits per heavy atom. The normalized spacial score (nSPS) is 36.6. The first kappa shape index (κ1) is 15.8. The van der Waals surface area contributed by atoms with Crippen molar-refractivity contribution < 1.29 is 0 Å². The predicted octanol–water partition coefficient (Wildman–Crippen LogP) is 4.20. The van der Waals surface area contributed by atoms with E-state index in [-0.39, 0.29) is 0 Å². The van der Waals surface area contributed by atoms with Gasteiger partial charge in [0.25, 0.3) is 0 Å². The molecule has 2 saturated heterocycles. The highest BCUT2D eigenvalue weighted by molar-refractivity contribution is 4.98. The maximum absolute atomic E-state index is 4.00. The molecule has 1 aliphatic carbocycles. The summed E-state index contributed by atoms with van der Waals surface area (Å²) in [6.45, 7) is 3.54. The van der Waals surface area contributed by atoms with Gasteiger partial charge in [-0.05, 0) is 70.4 Å². The van der Waals surface area contributed by atoms with Crippen LogP contribution in [-0.2, 0) is 0 Å². The molecule has 3 rings (SSSR count). The Bertz CT molecular complexity index is 295. The van der Waals surface area contributed by atoms with E-state index in [1.54, 1.807) is 0 Å². The summed E-state index contributed by atoms with van der Waals surface area (Å²) >= 11 is 0. The molecule has 2 heterocycles. The van der Waals surface area contributed by atoms with E-state index in [1.165, 1.54) is 77.2 Å². The van der Waals surface area contributed by atoms with Gasteiger partial charge in [-0.25, -0.2) is 0 Å². The Labute approximate surface area is 132 Å². The van der Waals surface area contributed by atoms with Crippen LogP contribution in [0, 0.1) is 11.8 Å². The van der Waals surface area contributed by atoms with Crippen molar-refractivity contribution in [2.75, 3.05) is 13.6 Å². The Morgan fingerprint density at radius 3 is 2.10 bits per heavy atom. The van der Waals surface area contributed by atoms with E-state index in [1.807, 2.05) is 0 Å². The number of piperidine rings is 1. The fourth-order valence-corrected chi connectivity index (χ4v) is 5.45. The van der Waals surface area contributed by atoms with E-state index in [9.17, 15) is 0 Å². The Kier molecular flexibility index (Phi) is 5.61. The molecule has 3 atom stereocenters. The molecule has 2 aliphatic heterocycles. The van der Waals surface area contributed by atoms with E-state index in [0.717, 1.165) is 30.0 Å². The quantitative estimate of drug-likeness (QED) is 0.764. The van der Waals surface area contributed by atoms with Crippen LogP contribution in [0.1, 0.15) is 77.6 Å². The van der Waals surface area contributed by atoms with E-state index >= 15 is 0 Å². The van der Waals surface area contributed by atoms with Crippen molar-refractivity contribution in [3.63, 3.8) is 0 Å². The molecule has 21 heavy (non-hydrogen) atoms. The Balaban J connectivity index is 1.66. The van der Waals surface area contributed by atoms with Crippen LogP contribution in [0.5, 0.6) is 0 Å². The van der Waals surface area contributed by atoms with Crippen molar-refractivity contribution in [2.24, 2.45) is 11.8 Å². The second-order valence-electron chi connectivity index (χ2n) is 8.01. The third-order valence-corrected chi connectivity index (χ3v) is 6.68. The molecule has 0 aromatic carbocycles. The third-order valence-electron chi connectivity index (χ3n) is 6.68. The second-order valence-corrected chi connectivity index (χ2v) is 8.01. The summed E-state index contributed by atoms with van der Waals surface area (Å²) in [5.41, 5.74) is 0. The van der Waals surface area contributed by atoms with Gasteiger partial charge in [0, 0.05) is 18.1 Å². The second kappa shape index (κ2) is 7.46. The summed E-state index contributed by atoms with van der Waals surface area (Å²) in [6, 6.07) is 2.61. The first-order valence-corrected chi connectivity index (χ1v) is 9.75. The summed E-state index contributed by atoms with van der Waals surface area (Å²) in [6.07, 6.45) is 16.0. The molecular formula is C19H36N2. The van der Waals surface area contributed by atoms with Gasteiger partial charge in [-0.2, -0.15) is 0 Å². The van der Waals surface area contributed by atoms with Crippen LogP contribution in [0.3, 0.4) is 0 Å². The molecule has 3 fully saturated rings. The van der Waals surface area contributed by atoms with Crippen LogP contribution in [0.15, 0.2) is 0 Å². The fraction of sp³-hybridized carbons (Fsp3) is 1.00. The minimum absolute atomic E-state index is 0.819. The van der Waals surface area contributed by atoms with Crippen LogP contribution < -0.4 is 5.32 Å². The number of nitrogens with zero attached hydrogens (tertiary/aromatic N) is 1. The van der Waals surface area contributed by atoms with Crippen LogP contribution in [0.2, 0.25) is 0 Å². The lowest BCUT2D eigenvalue weighted by atomic mass is 9.77. The third kappa shape index (κ3) is 3.64. The number of fused-ring (bicyclic) bond motifs is 2. The molecule has 3 aliphatic rings. The molecule has 1 N–H and O–H groups in total. The number of hydrogen-bond donors (Lipinski definition) is 1. The Morgan fingerprint density at radius 2 is 1.52 bits per heavy atom. The number of rotatable bonds is 5. The van der Waals surface area contributed by atoms with E-state index < -0.39 is 0 Å². The molecule has 0 aromatic rings. The zero-order valence-electron chi connectivity index (χ0n) is 14.3.